The molecule has 5 nitrogen and oxygen atoms in total. The zero-order valence-electron chi connectivity index (χ0n) is 14.1. The van der Waals surface area contributed by atoms with Gasteiger partial charge in [0.05, 0.1) is 6.21 Å². The average molecular weight is 355 g/mol. The van der Waals surface area contributed by atoms with E-state index in [0.717, 1.165) is 28.7 Å². The molecule has 0 fully saturated rings. The minimum Gasteiger partial charge on any atom is -0.344 e. The lowest BCUT2D eigenvalue weighted by atomic mass is 10.1. The highest BCUT2D eigenvalue weighted by Gasteiger charge is 2.11. The van der Waals surface area contributed by atoms with E-state index in [9.17, 15) is 4.79 Å². The van der Waals surface area contributed by atoms with Gasteiger partial charge in [0, 0.05) is 39.4 Å². The van der Waals surface area contributed by atoms with E-state index >= 15 is 0 Å². The van der Waals surface area contributed by atoms with E-state index < -0.39 is 6.03 Å². The molecule has 128 valence electrons. The Hall–Kier alpha value is -2.79. The molecule has 0 radical (unpaired) electrons. The molecule has 3 rings (SSSR count). The molecule has 0 aliphatic rings. The second-order valence-corrected chi connectivity index (χ2v) is 6.03. The lowest BCUT2D eigenvalue weighted by Crippen LogP contribution is -2.24. The van der Waals surface area contributed by atoms with Crippen LogP contribution in [0.15, 0.2) is 53.6 Å². The van der Waals surface area contributed by atoms with Crippen LogP contribution >= 0.6 is 11.6 Å². The molecule has 0 saturated heterocycles. The highest BCUT2D eigenvalue weighted by atomic mass is 35.5. The van der Waals surface area contributed by atoms with Crippen molar-refractivity contribution >= 4 is 40.4 Å². The number of aryl methyl sites for hydroxylation is 1. The van der Waals surface area contributed by atoms with Crippen LogP contribution in [0.4, 0.5) is 10.5 Å². The van der Waals surface area contributed by atoms with E-state index in [0.29, 0.717) is 10.7 Å². The number of amides is 2. The van der Waals surface area contributed by atoms with Crippen LogP contribution in [-0.2, 0) is 6.54 Å². The maximum atomic E-state index is 11.9. The first-order valence-electron chi connectivity index (χ1n) is 8.03. The molecule has 0 saturated carbocycles. The van der Waals surface area contributed by atoms with Gasteiger partial charge < -0.3 is 9.88 Å². The summed E-state index contributed by atoms with van der Waals surface area (Å²) in [6.07, 6.45) is 1.68. The number of carbonyl (C=O) groups is 1. The first-order valence-corrected chi connectivity index (χ1v) is 8.41. The van der Waals surface area contributed by atoms with Crippen molar-refractivity contribution in [3.63, 3.8) is 0 Å². The fourth-order valence-corrected chi connectivity index (χ4v) is 3.10. The molecule has 2 amide bonds. The Kier molecular flexibility index (Phi) is 5.05. The van der Waals surface area contributed by atoms with Crippen LogP contribution in [0.5, 0.6) is 0 Å². The minimum absolute atomic E-state index is 0.421. The molecular weight excluding hydrogens is 336 g/mol. The quantitative estimate of drug-likeness (QED) is 0.514. The maximum absolute atomic E-state index is 11.9. The van der Waals surface area contributed by atoms with E-state index in [1.165, 1.54) is 0 Å². The lowest BCUT2D eigenvalue weighted by Gasteiger charge is -2.04. The number of aromatic nitrogens is 1. The fourth-order valence-electron chi connectivity index (χ4n) is 2.91. The molecule has 1 aromatic heterocycles. The van der Waals surface area contributed by atoms with Crippen molar-refractivity contribution in [1.82, 2.24) is 9.99 Å². The number of hydrogen-bond donors (Lipinski definition) is 2. The van der Waals surface area contributed by atoms with Crippen molar-refractivity contribution in [2.24, 2.45) is 5.10 Å². The van der Waals surface area contributed by atoms with E-state index in [-0.39, 0.29) is 0 Å². The highest BCUT2D eigenvalue weighted by molar-refractivity contribution is 6.30. The van der Waals surface area contributed by atoms with Crippen LogP contribution in [0.2, 0.25) is 5.02 Å². The number of anilines is 1. The molecule has 1 heterocycles. The predicted molar refractivity (Wildman–Crippen MR) is 104 cm³/mol. The number of urea groups is 1. The third-order valence-corrected chi connectivity index (χ3v) is 4.27. The van der Waals surface area contributed by atoms with Gasteiger partial charge in [0.2, 0.25) is 0 Å². The Labute approximate surface area is 151 Å². The van der Waals surface area contributed by atoms with Crippen molar-refractivity contribution in [3.05, 3.63) is 64.8 Å². The summed E-state index contributed by atoms with van der Waals surface area (Å²) in [5.41, 5.74) is 6.37. The highest BCUT2D eigenvalue weighted by Crippen LogP contribution is 2.24. The standard InChI is InChI=1S/C19H19ClN4O/c1-3-24-13(2)17(16-9-4-5-10-18(16)24)12-21-23-19(25)22-15-8-6-7-14(20)11-15/h4-12H,3H2,1-2H3,(H2,22,23,25)/b21-12-. The van der Waals surface area contributed by atoms with Crippen LogP contribution in [0.3, 0.4) is 0 Å². The third kappa shape index (κ3) is 3.67. The van der Waals surface area contributed by atoms with Gasteiger partial charge in [-0.2, -0.15) is 5.10 Å². The van der Waals surface area contributed by atoms with E-state index in [1.807, 2.05) is 12.1 Å². The zero-order valence-corrected chi connectivity index (χ0v) is 14.8. The SMILES string of the molecule is CCn1c(C)c(/C=N\NC(=O)Nc2cccc(Cl)c2)c2ccccc21. The van der Waals surface area contributed by atoms with Crippen molar-refractivity contribution in [1.29, 1.82) is 0 Å². The largest absolute Gasteiger partial charge is 0.344 e. The number of carbonyl (C=O) groups excluding carboxylic acids is 1. The molecule has 6 heteroatoms. The van der Waals surface area contributed by atoms with E-state index in [4.69, 9.17) is 11.6 Å². The number of hydrazone groups is 1. The Morgan fingerprint density at radius 2 is 2.04 bits per heavy atom. The van der Waals surface area contributed by atoms with Gasteiger partial charge in [-0.1, -0.05) is 35.9 Å². The number of fused-ring (bicyclic) bond motifs is 1. The molecule has 0 aliphatic carbocycles. The topological polar surface area (TPSA) is 58.4 Å². The predicted octanol–water partition coefficient (Wildman–Crippen LogP) is 4.78. The Balaban J connectivity index is 1.75. The van der Waals surface area contributed by atoms with Gasteiger partial charge in [0.1, 0.15) is 0 Å². The van der Waals surface area contributed by atoms with Crippen molar-refractivity contribution in [3.8, 4) is 0 Å². The summed E-state index contributed by atoms with van der Waals surface area (Å²) >= 11 is 5.90. The lowest BCUT2D eigenvalue weighted by molar-refractivity contribution is 0.252. The normalized spacial score (nSPS) is 11.2. The number of nitrogens with one attached hydrogen (secondary N) is 2. The number of benzene rings is 2. The molecule has 0 atom stereocenters. The smallest absolute Gasteiger partial charge is 0.339 e. The van der Waals surface area contributed by atoms with E-state index in [2.05, 4.69) is 46.4 Å². The number of rotatable bonds is 4. The summed E-state index contributed by atoms with van der Waals surface area (Å²) in [6.45, 7) is 5.04. The number of para-hydroxylation sites is 1. The summed E-state index contributed by atoms with van der Waals surface area (Å²) < 4.78 is 2.22. The fraction of sp³-hybridized carbons (Fsp3) is 0.158. The van der Waals surface area contributed by atoms with Gasteiger partial charge >= 0.3 is 6.03 Å². The van der Waals surface area contributed by atoms with Crippen LogP contribution in [0, 0.1) is 6.92 Å². The minimum atomic E-state index is -0.421. The maximum Gasteiger partial charge on any atom is 0.339 e. The van der Waals surface area contributed by atoms with Crippen LogP contribution < -0.4 is 10.7 Å². The van der Waals surface area contributed by atoms with Crippen LogP contribution in [-0.4, -0.2) is 16.8 Å². The Morgan fingerprint density at radius 1 is 1.24 bits per heavy atom. The van der Waals surface area contributed by atoms with Gasteiger partial charge in [-0.15, -0.1) is 0 Å². The summed E-state index contributed by atoms with van der Waals surface area (Å²) in [7, 11) is 0. The van der Waals surface area contributed by atoms with Crippen LogP contribution in [0.1, 0.15) is 18.2 Å². The number of nitrogens with zero attached hydrogens (tertiary/aromatic N) is 2. The van der Waals surface area contributed by atoms with Gasteiger partial charge in [-0.3, -0.25) is 0 Å². The van der Waals surface area contributed by atoms with Crippen molar-refractivity contribution in [2.75, 3.05) is 5.32 Å². The molecule has 3 aromatic rings. The molecule has 2 aromatic carbocycles. The molecule has 0 unspecified atom stereocenters. The molecule has 0 aliphatic heterocycles. The van der Waals surface area contributed by atoms with Crippen molar-refractivity contribution in [2.45, 2.75) is 20.4 Å². The molecule has 25 heavy (non-hydrogen) atoms. The summed E-state index contributed by atoms with van der Waals surface area (Å²) in [4.78, 5) is 11.9. The van der Waals surface area contributed by atoms with Crippen molar-refractivity contribution < 1.29 is 4.79 Å². The molecule has 2 N–H and O–H groups in total. The number of halogens is 1. The summed E-state index contributed by atoms with van der Waals surface area (Å²) in [6, 6.07) is 14.7. The first-order chi connectivity index (χ1) is 12.1. The summed E-state index contributed by atoms with van der Waals surface area (Å²) in [5, 5.41) is 8.44. The van der Waals surface area contributed by atoms with Gasteiger partial charge in [0.25, 0.3) is 0 Å². The first kappa shape index (κ1) is 17.0. The monoisotopic (exact) mass is 354 g/mol. The van der Waals surface area contributed by atoms with Gasteiger partial charge in [-0.25, -0.2) is 10.2 Å². The average Bonchev–Trinajstić information content (AvgIpc) is 2.86. The summed E-state index contributed by atoms with van der Waals surface area (Å²) in [5.74, 6) is 0. The second kappa shape index (κ2) is 7.40. The third-order valence-electron chi connectivity index (χ3n) is 4.04. The molecular formula is C19H19ClN4O. The molecule has 0 spiro atoms. The zero-order chi connectivity index (χ0) is 17.8. The Morgan fingerprint density at radius 3 is 2.80 bits per heavy atom. The van der Waals surface area contributed by atoms with E-state index in [1.54, 1.807) is 30.5 Å². The van der Waals surface area contributed by atoms with Crippen LogP contribution in [0.25, 0.3) is 10.9 Å². The van der Waals surface area contributed by atoms with Gasteiger partial charge in [-0.05, 0) is 38.1 Å². The Bertz CT molecular complexity index is 946. The number of hydrogen-bond acceptors (Lipinski definition) is 2. The van der Waals surface area contributed by atoms with Gasteiger partial charge in [0.15, 0.2) is 0 Å². The second-order valence-electron chi connectivity index (χ2n) is 5.59. The molecule has 0 bridgehead atoms.